The summed E-state index contributed by atoms with van der Waals surface area (Å²) in [5, 5.41) is 13.4. The molecule has 3 heteroatoms. The molecule has 1 N–H and O–H groups in total. The number of oxime groups is 1. The largest absolute Gasteiger partial charge is 0.411 e. The lowest BCUT2D eigenvalue weighted by Crippen LogP contribution is -2.45. The summed E-state index contributed by atoms with van der Waals surface area (Å²) < 4.78 is 0. The van der Waals surface area contributed by atoms with Gasteiger partial charge in [-0.15, -0.1) is 0 Å². The van der Waals surface area contributed by atoms with Gasteiger partial charge >= 0.3 is 0 Å². The van der Waals surface area contributed by atoms with E-state index in [2.05, 4.69) is 70.7 Å². The first-order chi connectivity index (χ1) is 12.3. The maximum absolute atomic E-state index is 9.62. The lowest BCUT2D eigenvalue weighted by atomic mass is 9.91. The molecule has 2 aromatic rings. The van der Waals surface area contributed by atoms with Gasteiger partial charge in [-0.1, -0.05) is 65.8 Å². The summed E-state index contributed by atoms with van der Waals surface area (Å²) in [6.45, 7) is 1.91. The molecule has 0 amide bonds. The van der Waals surface area contributed by atoms with Gasteiger partial charge in [0.1, 0.15) is 0 Å². The van der Waals surface area contributed by atoms with Gasteiger partial charge in [-0.25, -0.2) is 0 Å². The molecule has 0 aliphatic heterocycles. The van der Waals surface area contributed by atoms with Gasteiger partial charge in [0.05, 0.1) is 11.8 Å². The molecule has 130 valence electrons. The molecular weight excluding hydrogens is 308 g/mol. The molecule has 0 heterocycles. The molecule has 2 aromatic carbocycles. The summed E-state index contributed by atoms with van der Waals surface area (Å²) in [6, 6.07) is 21.6. The smallest absolute Gasteiger partial charge is 0.0775 e. The zero-order chi connectivity index (χ0) is 17.1. The molecule has 2 fully saturated rings. The van der Waals surface area contributed by atoms with Crippen molar-refractivity contribution in [3.63, 3.8) is 0 Å². The molecule has 2 saturated carbocycles. The fourth-order valence-electron chi connectivity index (χ4n) is 4.73. The van der Waals surface area contributed by atoms with Crippen LogP contribution in [0.25, 0.3) is 0 Å². The van der Waals surface area contributed by atoms with Gasteiger partial charge in [0.15, 0.2) is 0 Å². The van der Waals surface area contributed by atoms with Crippen LogP contribution in [-0.2, 0) is 13.0 Å². The minimum Gasteiger partial charge on any atom is -0.411 e. The van der Waals surface area contributed by atoms with Crippen LogP contribution in [0.5, 0.6) is 0 Å². The zero-order valence-electron chi connectivity index (χ0n) is 14.6. The Labute approximate surface area is 150 Å². The first-order valence-electron chi connectivity index (χ1n) is 9.39. The maximum atomic E-state index is 9.62. The number of hydrogen-bond donors (Lipinski definition) is 1. The van der Waals surface area contributed by atoms with Crippen molar-refractivity contribution in [2.45, 2.75) is 38.3 Å². The van der Waals surface area contributed by atoms with Crippen molar-refractivity contribution >= 4 is 5.71 Å². The van der Waals surface area contributed by atoms with Gasteiger partial charge in [-0.3, -0.25) is 4.90 Å². The molecule has 0 unspecified atom stereocenters. The van der Waals surface area contributed by atoms with Crippen molar-refractivity contribution in [3.8, 4) is 0 Å². The third kappa shape index (κ3) is 3.47. The molecule has 2 aliphatic carbocycles. The topological polar surface area (TPSA) is 35.8 Å². The number of nitrogens with zero attached hydrogens (tertiary/aromatic N) is 2. The Kier molecular flexibility index (Phi) is 4.84. The van der Waals surface area contributed by atoms with Gasteiger partial charge in [-0.2, -0.15) is 0 Å². The summed E-state index contributed by atoms with van der Waals surface area (Å²) in [5.41, 5.74) is 3.72. The highest BCUT2D eigenvalue weighted by molar-refractivity contribution is 5.94. The number of fused-ring (bicyclic) bond motifs is 2. The predicted octanol–water partition coefficient (Wildman–Crippen LogP) is 4.36. The van der Waals surface area contributed by atoms with E-state index in [1.807, 2.05) is 0 Å². The van der Waals surface area contributed by atoms with Gasteiger partial charge in [0.25, 0.3) is 0 Å². The quantitative estimate of drug-likeness (QED) is 0.629. The number of rotatable bonds is 6. The van der Waals surface area contributed by atoms with Crippen molar-refractivity contribution in [3.05, 3.63) is 71.8 Å². The molecule has 2 bridgehead atoms. The molecule has 0 saturated heterocycles. The molecule has 4 rings (SSSR count). The lowest BCUT2D eigenvalue weighted by molar-refractivity contribution is 0.185. The molecule has 3 atom stereocenters. The van der Waals surface area contributed by atoms with Crippen LogP contribution in [0.15, 0.2) is 65.8 Å². The van der Waals surface area contributed by atoms with Crippen LogP contribution in [0.2, 0.25) is 0 Å². The second kappa shape index (κ2) is 7.40. The molecule has 2 aliphatic rings. The van der Waals surface area contributed by atoms with Crippen LogP contribution in [0, 0.1) is 11.8 Å². The van der Waals surface area contributed by atoms with Crippen molar-refractivity contribution in [2.75, 3.05) is 6.54 Å². The van der Waals surface area contributed by atoms with E-state index in [9.17, 15) is 5.21 Å². The molecular formula is C22H26N2O. The SMILES string of the molecule is O/N=C1/[C@H]2CC[C@H](C2)[C@@H]1N(CCc1ccccc1)Cc1ccccc1. The molecule has 0 aromatic heterocycles. The Balaban J connectivity index is 1.55. The van der Waals surface area contributed by atoms with Crippen LogP contribution in [0.1, 0.15) is 30.4 Å². The summed E-state index contributed by atoms with van der Waals surface area (Å²) in [6.07, 6.45) is 4.68. The summed E-state index contributed by atoms with van der Waals surface area (Å²) >= 11 is 0. The van der Waals surface area contributed by atoms with Crippen LogP contribution < -0.4 is 0 Å². The lowest BCUT2D eigenvalue weighted by Gasteiger charge is -2.35. The third-order valence-electron chi connectivity index (χ3n) is 5.91. The van der Waals surface area contributed by atoms with E-state index in [1.165, 1.54) is 30.4 Å². The predicted molar refractivity (Wildman–Crippen MR) is 101 cm³/mol. The highest BCUT2D eigenvalue weighted by Gasteiger charge is 2.47. The maximum Gasteiger partial charge on any atom is 0.0775 e. The fraction of sp³-hybridized carbons (Fsp3) is 0.409. The standard InChI is InChI=1S/C22H26N2O/c25-23-21-19-11-12-20(15-19)22(21)24(16-18-9-5-2-6-10-18)14-13-17-7-3-1-4-8-17/h1-10,19-20,22,25H,11-16H2/b23-21-/t19-,20+,22-/m0/s1. The van der Waals surface area contributed by atoms with Gasteiger partial charge in [0.2, 0.25) is 0 Å². The second-order valence-electron chi connectivity index (χ2n) is 7.43. The Bertz CT molecular complexity index is 713. The average Bonchev–Trinajstić information content (AvgIpc) is 3.28. The van der Waals surface area contributed by atoms with E-state index in [0.717, 1.165) is 25.2 Å². The summed E-state index contributed by atoms with van der Waals surface area (Å²) in [4.78, 5) is 2.54. The highest BCUT2D eigenvalue weighted by Crippen LogP contribution is 2.45. The van der Waals surface area contributed by atoms with Gasteiger partial charge in [0, 0.05) is 19.0 Å². The van der Waals surface area contributed by atoms with Crippen molar-refractivity contribution in [2.24, 2.45) is 17.0 Å². The van der Waals surface area contributed by atoms with E-state index >= 15 is 0 Å². The van der Waals surface area contributed by atoms with E-state index < -0.39 is 0 Å². The summed E-state index contributed by atoms with van der Waals surface area (Å²) in [7, 11) is 0. The summed E-state index contributed by atoms with van der Waals surface area (Å²) in [5.74, 6) is 1.14. The number of hydrogen-bond acceptors (Lipinski definition) is 3. The van der Waals surface area contributed by atoms with Crippen LogP contribution in [-0.4, -0.2) is 28.4 Å². The second-order valence-corrected chi connectivity index (χ2v) is 7.43. The van der Waals surface area contributed by atoms with Crippen molar-refractivity contribution < 1.29 is 5.21 Å². The monoisotopic (exact) mass is 334 g/mol. The van der Waals surface area contributed by atoms with E-state index in [-0.39, 0.29) is 0 Å². The molecule has 0 radical (unpaired) electrons. The normalized spacial score (nSPS) is 26.6. The van der Waals surface area contributed by atoms with Crippen molar-refractivity contribution in [1.29, 1.82) is 0 Å². The van der Waals surface area contributed by atoms with Crippen molar-refractivity contribution in [1.82, 2.24) is 4.90 Å². The Morgan fingerprint density at radius 3 is 2.28 bits per heavy atom. The Morgan fingerprint density at radius 1 is 0.920 bits per heavy atom. The minimum absolute atomic E-state index is 0.299. The first kappa shape index (κ1) is 16.3. The van der Waals surface area contributed by atoms with E-state index in [0.29, 0.717) is 17.9 Å². The molecule has 3 nitrogen and oxygen atoms in total. The minimum atomic E-state index is 0.299. The fourth-order valence-corrected chi connectivity index (χ4v) is 4.73. The number of benzene rings is 2. The van der Waals surface area contributed by atoms with Gasteiger partial charge < -0.3 is 5.21 Å². The zero-order valence-corrected chi connectivity index (χ0v) is 14.6. The van der Waals surface area contributed by atoms with Crippen LogP contribution in [0.3, 0.4) is 0 Å². The van der Waals surface area contributed by atoms with Gasteiger partial charge in [-0.05, 0) is 42.7 Å². The highest BCUT2D eigenvalue weighted by atomic mass is 16.4. The molecule has 0 spiro atoms. The Morgan fingerprint density at radius 2 is 1.60 bits per heavy atom. The van der Waals surface area contributed by atoms with Crippen LogP contribution in [0.4, 0.5) is 0 Å². The third-order valence-corrected chi connectivity index (χ3v) is 5.91. The Hall–Kier alpha value is -2.13. The first-order valence-corrected chi connectivity index (χ1v) is 9.39. The van der Waals surface area contributed by atoms with Crippen LogP contribution >= 0.6 is 0 Å². The van der Waals surface area contributed by atoms with E-state index in [4.69, 9.17) is 0 Å². The average molecular weight is 334 g/mol. The van der Waals surface area contributed by atoms with E-state index in [1.54, 1.807) is 0 Å². The molecule has 25 heavy (non-hydrogen) atoms.